The summed E-state index contributed by atoms with van der Waals surface area (Å²) in [6.45, 7) is 1.90. The molecule has 4 nitrogen and oxygen atoms in total. The summed E-state index contributed by atoms with van der Waals surface area (Å²) >= 11 is 0. The average Bonchev–Trinajstić information content (AvgIpc) is 2.71. The van der Waals surface area contributed by atoms with Crippen molar-refractivity contribution >= 4 is 11.6 Å². The highest BCUT2D eigenvalue weighted by Gasteiger charge is 2.48. The van der Waals surface area contributed by atoms with E-state index in [4.69, 9.17) is 4.74 Å². The molecule has 118 valence electrons. The zero-order valence-electron chi connectivity index (χ0n) is 13.2. The van der Waals surface area contributed by atoms with Gasteiger partial charge in [-0.2, -0.15) is 0 Å². The third kappa shape index (κ3) is 2.10. The maximum absolute atomic E-state index is 12.6. The van der Waals surface area contributed by atoms with Crippen molar-refractivity contribution in [1.82, 2.24) is 4.90 Å². The first-order chi connectivity index (χ1) is 11.2. The minimum absolute atomic E-state index is 0.0979. The van der Waals surface area contributed by atoms with Crippen LogP contribution in [-0.2, 0) is 15.3 Å². The van der Waals surface area contributed by atoms with Gasteiger partial charge in [0.1, 0.15) is 0 Å². The summed E-state index contributed by atoms with van der Waals surface area (Å²) in [5, 5.41) is 0. The summed E-state index contributed by atoms with van der Waals surface area (Å²) in [7, 11) is 1.85. The summed E-state index contributed by atoms with van der Waals surface area (Å²) in [6.07, 6.45) is 0.938. The van der Waals surface area contributed by atoms with Crippen molar-refractivity contribution < 1.29 is 9.53 Å². The van der Waals surface area contributed by atoms with Gasteiger partial charge < -0.3 is 9.64 Å². The van der Waals surface area contributed by atoms with Crippen molar-refractivity contribution in [2.24, 2.45) is 0 Å². The van der Waals surface area contributed by atoms with E-state index in [1.807, 2.05) is 43.4 Å². The maximum Gasteiger partial charge on any atom is 0.241 e. The van der Waals surface area contributed by atoms with Gasteiger partial charge in [-0.1, -0.05) is 48.5 Å². The first-order valence-electron chi connectivity index (χ1n) is 8.04. The van der Waals surface area contributed by atoms with E-state index >= 15 is 0 Å². The number of fused-ring (bicyclic) bond motifs is 3. The number of nitrogens with zero attached hydrogens (tertiary/aromatic N) is 2. The molecule has 2 aromatic rings. The number of benzene rings is 2. The number of carbonyl (C=O) groups is 1. The van der Waals surface area contributed by atoms with Gasteiger partial charge in [-0.05, 0) is 12.5 Å². The molecule has 1 amide bonds. The van der Waals surface area contributed by atoms with Gasteiger partial charge >= 0.3 is 0 Å². The third-order valence-electron chi connectivity index (χ3n) is 4.82. The highest BCUT2D eigenvalue weighted by molar-refractivity contribution is 5.96. The quantitative estimate of drug-likeness (QED) is 0.812. The fourth-order valence-corrected chi connectivity index (χ4v) is 3.70. The number of likely N-dealkylation sites (N-methyl/N-ethyl adjacent to an activating group) is 1. The second-order valence-corrected chi connectivity index (χ2v) is 6.10. The van der Waals surface area contributed by atoms with Crippen molar-refractivity contribution in [2.45, 2.75) is 12.1 Å². The largest absolute Gasteiger partial charge is 0.352 e. The van der Waals surface area contributed by atoms with E-state index in [0.29, 0.717) is 13.2 Å². The van der Waals surface area contributed by atoms with Crippen LogP contribution in [-0.4, -0.2) is 37.6 Å². The van der Waals surface area contributed by atoms with Crippen LogP contribution in [0, 0.1) is 0 Å². The molecule has 1 fully saturated rings. The predicted molar refractivity (Wildman–Crippen MR) is 89.2 cm³/mol. The summed E-state index contributed by atoms with van der Waals surface area (Å²) < 4.78 is 6.41. The molecule has 2 aromatic carbocycles. The fourth-order valence-electron chi connectivity index (χ4n) is 3.70. The molecule has 0 N–H and O–H groups in total. The minimum Gasteiger partial charge on any atom is -0.352 e. The zero-order valence-corrected chi connectivity index (χ0v) is 13.2. The van der Waals surface area contributed by atoms with E-state index in [2.05, 4.69) is 23.1 Å². The van der Waals surface area contributed by atoms with E-state index in [0.717, 1.165) is 29.8 Å². The Morgan fingerprint density at radius 3 is 2.61 bits per heavy atom. The predicted octanol–water partition coefficient (Wildman–Crippen LogP) is 2.59. The Hall–Kier alpha value is -2.17. The van der Waals surface area contributed by atoms with Gasteiger partial charge in [0, 0.05) is 24.7 Å². The summed E-state index contributed by atoms with van der Waals surface area (Å²) in [6, 6.07) is 18.3. The summed E-state index contributed by atoms with van der Waals surface area (Å²) in [5.41, 5.74) is 2.36. The van der Waals surface area contributed by atoms with Crippen LogP contribution in [0.1, 0.15) is 17.5 Å². The molecule has 0 aromatic heterocycles. The number of para-hydroxylation sites is 1. The maximum atomic E-state index is 12.6. The highest BCUT2D eigenvalue weighted by Crippen LogP contribution is 2.45. The van der Waals surface area contributed by atoms with Gasteiger partial charge in [-0.15, -0.1) is 0 Å². The molecule has 0 bridgehead atoms. The van der Waals surface area contributed by atoms with Crippen LogP contribution < -0.4 is 4.90 Å². The van der Waals surface area contributed by atoms with Gasteiger partial charge in [-0.25, -0.2) is 0 Å². The molecule has 0 unspecified atom stereocenters. The fraction of sp³-hybridized carbons (Fsp3) is 0.316. The minimum atomic E-state index is -0.684. The number of amides is 1. The topological polar surface area (TPSA) is 32.8 Å². The van der Waals surface area contributed by atoms with E-state index < -0.39 is 5.72 Å². The lowest BCUT2D eigenvalue weighted by Crippen LogP contribution is -2.54. The Morgan fingerprint density at radius 2 is 1.78 bits per heavy atom. The lowest BCUT2D eigenvalue weighted by molar-refractivity contribution is -0.167. The van der Waals surface area contributed by atoms with E-state index in [1.165, 1.54) is 0 Å². The molecule has 0 spiro atoms. The van der Waals surface area contributed by atoms with Crippen LogP contribution in [0.5, 0.6) is 0 Å². The lowest BCUT2D eigenvalue weighted by Gasteiger charge is -2.46. The smallest absolute Gasteiger partial charge is 0.241 e. The van der Waals surface area contributed by atoms with Crippen LogP contribution >= 0.6 is 0 Å². The number of hydrogen-bond donors (Lipinski definition) is 0. The number of anilines is 1. The van der Waals surface area contributed by atoms with Crippen molar-refractivity contribution in [2.75, 3.05) is 31.6 Å². The molecule has 4 heteroatoms. The van der Waals surface area contributed by atoms with Crippen LogP contribution in [0.2, 0.25) is 0 Å². The first-order valence-corrected chi connectivity index (χ1v) is 8.04. The normalized spacial score (nSPS) is 24.7. The number of ether oxygens (including phenoxy) is 1. The summed E-state index contributed by atoms with van der Waals surface area (Å²) in [4.78, 5) is 16.6. The van der Waals surface area contributed by atoms with Crippen LogP contribution in [0.15, 0.2) is 54.6 Å². The van der Waals surface area contributed by atoms with Crippen LogP contribution in [0.25, 0.3) is 0 Å². The first kappa shape index (κ1) is 14.4. The molecule has 4 rings (SSSR count). The summed E-state index contributed by atoms with van der Waals surface area (Å²) in [5.74, 6) is 0.0979. The SMILES string of the molecule is CN1C(=O)CN2CCCO[C@]2(c2ccccc2)c2ccccc21. The Morgan fingerprint density at radius 1 is 1.04 bits per heavy atom. The van der Waals surface area contributed by atoms with Crippen molar-refractivity contribution in [3.8, 4) is 0 Å². The monoisotopic (exact) mass is 308 g/mol. The van der Waals surface area contributed by atoms with E-state index in [1.54, 1.807) is 4.90 Å². The van der Waals surface area contributed by atoms with Crippen molar-refractivity contribution in [3.63, 3.8) is 0 Å². The second kappa shape index (κ2) is 5.48. The number of hydrogen-bond acceptors (Lipinski definition) is 3. The molecular formula is C19H20N2O2. The molecule has 1 atom stereocenters. The molecule has 0 aliphatic carbocycles. The lowest BCUT2D eigenvalue weighted by atomic mass is 9.90. The molecule has 2 aliphatic heterocycles. The van der Waals surface area contributed by atoms with Crippen LogP contribution in [0.3, 0.4) is 0 Å². The third-order valence-corrected chi connectivity index (χ3v) is 4.82. The van der Waals surface area contributed by atoms with Gasteiger partial charge in [0.15, 0.2) is 5.72 Å². The Bertz CT molecular complexity index is 731. The number of carbonyl (C=O) groups excluding carboxylic acids is 1. The molecule has 2 aliphatic rings. The Kier molecular flexibility index (Phi) is 3.43. The molecule has 0 radical (unpaired) electrons. The average molecular weight is 308 g/mol. The zero-order chi connectivity index (χ0) is 15.9. The van der Waals surface area contributed by atoms with Gasteiger partial charge in [0.2, 0.25) is 5.91 Å². The van der Waals surface area contributed by atoms with E-state index in [-0.39, 0.29) is 5.91 Å². The molecular weight excluding hydrogens is 288 g/mol. The molecule has 1 saturated heterocycles. The van der Waals surface area contributed by atoms with E-state index in [9.17, 15) is 4.79 Å². The number of rotatable bonds is 1. The molecule has 2 heterocycles. The van der Waals surface area contributed by atoms with Gasteiger partial charge in [0.25, 0.3) is 0 Å². The van der Waals surface area contributed by atoms with Crippen molar-refractivity contribution in [1.29, 1.82) is 0 Å². The highest BCUT2D eigenvalue weighted by atomic mass is 16.5. The Balaban J connectivity index is 2.01. The molecule has 0 saturated carbocycles. The van der Waals surface area contributed by atoms with Crippen molar-refractivity contribution in [3.05, 3.63) is 65.7 Å². The van der Waals surface area contributed by atoms with Gasteiger partial charge in [0.05, 0.1) is 18.8 Å². The molecule has 23 heavy (non-hydrogen) atoms. The van der Waals surface area contributed by atoms with Crippen LogP contribution in [0.4, 0.5) is 5.69 Å². The Labute approximate surface area is 136 Å². The second-order valence-electron chi connectivity index (χ2n) is 6.10. The van der Waals surface area contributed by atoms with Gasteiger partial charge in [-0.3, -0.25) is 9.69 Å². The standard InChI is InChI=1S/C19H20N2O2/c1-20-17-11-6-5-10-16(17)19(15-8-3-2-4-9-15)21(14-18(20)22)12-7-13-23-19/h2-6,8-11H,7,12-14H2,1H3/t19-/m1/s1.